The van der Waals surface area contributed by atoms with Crippen LogP contribution in [0.5, 0.6) is 0 Å². The predicted molar refractivity (Wildman–Crippen MR) is 73.4 cm³/mol. The number of rotatable bonds is 4. The molecule has 2 rings (SSSR count). The lowest BCUT2D eigenvalue weighted by atomic mass is 9.86. The number of nitrogens with one attached hydrogen (secondary N) is 1. The number of aliphatic carboxylic acids is 1. The first-order valence-electron chi connectivity index (χ1n) is 7.07. The van der Waals surface area contributed by atoms with Crippen LogP contribution in [0.25, 0.3) is 0 Å². The van der Waals surface area contributed by atoms with Gasteiger partial charge >= 0.3 is 5.97 Å². The van der Waals surface area contributed by atoms with E-state index in [0.717, 1.165) is 25.0 Å². The Morgan fingerprint density at radius 1 is 1.50 bits per heavy atom. The number of aryl methyl sites for hydroxylation is 2. The van der Waals surface area contributed by atoms with Crippen molar-refractivity contribution in [2.75, 3.05) is 0 Å². The minimum absolute atomic E-state index is 0.0580. The van der Waals surface area contributed by atoms with E-state index in [1.165, 1.54) is 0 Å². The zero-order chi connectivity index (χ0) is 14.7. The molecule has 1 aromatic heterocycles. The minimum Gasteiger partial charge on any atom is -0.481 e. The Morgan fingerprint density at radius 2 is 2.25 bits per heavy atom. The number of carboxylic acids is 1. The average molecular weight is 279 g/mol. The molecule has 20 heavy (non-hydrogen) atoms. The summed E-state index contributed by atoms with van der Waals surface area (Å²) in [6.45, 7) is 1.99. The number of amides is 1. The number of nitrogens with zero attached hydrogens (tertiary/aromatic N) is 2. The standard InChI is InChI=1S/C14H21N3O3/c1-3-10-8-12(17(2)16-10)13(18)15-11-6-4-5-9(7-11)14(19)20/h8-9,11H,3-7H2,1-2H3,(H,15,18)(H,19,20). The van der Waals surface area contributed by atoms with Crippen molar-refractivity contribution in [3.05, 3.63) is 17.5 Å². The van der Waals surface area contributed by atoms with Gasteiger partial charge in [-0.1, -0.05) is 13.3 Å². The largest absolute Gasteiger partial charge is 0.481 e. The van der Waals surface area contributed by atoms with Crippen molar-refractivity contribution in [3.63, 3.8) is 0 Å². The minimum atomic E-state index is -0.766. The highest BCUT2D eigenvalue weighted by Gasteiger charge is 2.28. The van der Waals surface area contributed by atoms with Gasteiger partial charge in [-0.15, -0.1) is 0 Å². The molecule has 6 heteroatoms. The molecule has 1 aliphatic rings. The fourth-order valence-corrected chi connectivity index (χ4v) is 2.72. The summed E-state index contributed by atoms with van der Waals surface area (Å²) < 4.78 is 1.58. The van der Waals surface area contributed by atoms with Crippen molar-refractivity contribution in [3.8, 4) is 0 Å². The van der Waals surface area contributed by atoms with E-state index < -0.39 is 5.97 Å². The van der Waals surface area contributed by atoms with Crippen LogP contribution in [0.2, 0.25) is 0 Å². The van der Waals surface area contributed by atoms with Gasteiger partial charge in [0.05, 0.1) is 11.6 Å². The van der Waals surface area contributed by atoms with Crippen LogP contribution in [-0.2, 0) is 18.3 Å². The van der Waals surface area contributed by atoms with Gasteiger partial charge in [0.15, 0.2) is 0 Å². The fraction of sp³-hybridized carbons (Fsp3) is 0.643. The third kappa shape index (κ3) is 3.18. The van der Waals surface area contributed by atoms with Crippen LogP contribution in [0.1, 0.15) is 48.8 Å². The molecular weight excluding hydrogens is 258 g/mol. The van der Waals surface area contributed by atoms with E-state index in [1.54, 1.807) is 17.8 Å². The van der Waals surface area contributed by atoms with Crippen LogP contribution < -0.4 is 5.32 Å². The maximum absolute atomic E-state index is 12.2. The average Bonchev–Trinajstić information content (AvgIpc) is 2.80. The third-order valence-electron chi connectivity index (χ3n) is 3.88. The summed E-state index contributed by atoms with van der Waals surface area (Å²) in [5, 5.41) is 16.2. The van der Waals surface area contributed by atoms with E-state index in [2.05, 4.69) is 10.4 Å². The summed E-state index contributed by atoms with van der Waals surface area (Å²) in [6.07, 6.45) is 3.68. The summed E-state index contributed by atoms with van der Waals surface area (Å²) in [7, 11) is 1.75. The molecule has 1 saturated carbocycles. The zero-order valence-corrected chi connectivity index (χ0v) is 11.9. The topological polar surface area (TPSA) is 84.2 Å². The molecule has 2 N–H and O–H groups in total. The zero-order valence-electron chi connectivity index (χ0n) is 11.9. The van der Waals surface area contributed by atoms with Crippen LogP contribution in [0.15, 0.2) is 6.07 Å². The fourth-order valence-electron chi connectivity index (χ4n) is 2.72. The monoisotopic (exact) mass is 279 g/mol. The Labute approximate surface area is 118 Å². The van der Waals surface area contributed by atoms with E-state index in [4.69, 9.17) is 5.11 Å². The van der Waals surface area contributed by atoms with E-state index >= 15 is 0 Å². The first kappa shape index (κ1) is 14.6. The first-order valence-corrected chi connectivity index (χ1v) is 7.07. The Balaban J connectivity index is 2.00. The highest BCUT2D eigenvalue weighted by Crippen LogP contribution is 2.24. The predicted octanol–water partition coefficient (Wildman–Crippen LogP) is 1.36. The number of carboxylic acid groups (broad SMARTS) is 1. The van der Waals surface area contributed by atoms with Gasteiger partial charge in [-0.25, -0.2) is 0 Å². The van der Waals surface area contributed by atoms with Gasteiger partial charge in [0.1, 0.15) is 5.69 Å². The van der Waals surface area contributed by atoms with E-state index in [1.807, 2.05) is 6.92 Å². The van der Waals surface area contributed by atoms with Gasteiger partial charge in [0.25, 0.3) is 5.91 Å². The lowest BCUT2D eigenvalue weighted by molar-refractivity contribution is -0.143. The SMILES string of the molecule is CCc1cc(C(=O)NC2CCCC(C(=O)O)C2)n(C)n1. The van der Waals surface area contributed by atoms with E-state index in [9.17, 15) is 9.59 Å². The molecule has 1 heterocycles. The summed E-state index contributed by atoms with van der Waals surface area (Å²) in [6, 6.07) is 1.73. The van der Waals surface area contributed by atoms with E-state index in [-0.39, 0.29) is 17.9 Å². The molecule has 2 unspecified atom stereocenters. The molecule has 0 saturated heterocycles. The highest BCUT2D eigenvalue weighted by atomic mass is 16.4. The van der Waals surface area contributed by atoms with Crippen molar-refractivity contribution in [2.45, 2.75) is 45.1 Å². The van der Waals surface area contributed by atoms with Crippen molar-refractivity contribution < 1.29 is 14.7 Å². The molecule has 0 spiro atoms. The van der Waals surface area contributed by atoms with Crippen molar-refractivity contribution >= 4 is 11.9 Å². The van der Waals surface area contributed by atoms with Gasteiger partial charge in [-0.3, -0.25) is 14.3 Å². The van der Waals surface area contributed by atoms with Crippen molar-refractivity contribution in [2.24, 2.45) is 13.0 Å². The molecule has 0 radical (unpaired) electrons. The van der Waals surface area contributed by atoms with Crippen LogP contribution in [0, 0.1) is 5.92 Å². The number of carbonyl (C=O) groups excluding carboxylic acids is 1. The molecule has 0 aliphatic heterocycles. The first-order chi connectivity index (χ1) is 9.51. The Bertz CT molecular complexity index is 510. The number of carbonyl (C=O) groups is 2. The molecule has 1 amide bonds. The summed E-state index contributed by atoms with van der Waals surface area (Å²) in [5.74, 6) is -1.28. The third-order valence-corrected chi connectivity index (χ3v) is 3.88. The molecule has 6 nitrogen and oxygen atoms in total. The molecule has 0 aromatic carbocycles. The highest BCUT2D eigenvalue weighted by molar-refractivity contribution is 5.92. The van der Waals surface area contributed by atoms with Crippen molar-refractivity contribution in [1.29, 1.82) is 0 Å². The maximum atomic E-state index is 12.2. The smallest absolute Gasteiger partial charge is 0.306 e. The van der Waals surface area contributed by atoms with Crippen molar-refractivity contribution in [1.82, 2.24) is 15.1 Å². The summed E-state index contributed by atoms with van der Waals surface area (Å²) in [5.41, 5.74) is 1.41. The second kappa shape index (κ2) is 6.07. The summed E-state index contributed by atoms with van der Waals surface area (Å²) >= 11 is 0. The molecule has 2 atom stereocenters. The number of hydrogen-bond donors (Lipinski definition) is 2. The number of hydrogen-bond acceptors (Lipinski definition) is 3. The molecule has 1 aromatic rings. The van der Waals surface area contributed by atoms with Crippen LogP contribution in [0.4, 0.5) is 0 Å². The Morgan fingerprint density at radius 3 is 2.85 bits per heavy atom. The van der Waals surface area contributed by atoms with Gasteiger partial charge in [0.2, 0.25) is 0 Å². The molecule has 0 bridgehead atoms. The van der Waals surface area contributed by atoms with Crippen LogP contribution in [-0.4, -0.2) is 32.8 Å². The van der Waals surface area contributed by atoms with Gasteiger partial charge in [-0.05, 0) is 31.7 Å². The lowest BCUT2D eigenvalue weighted by Crippen LogP contribution is -2.40. The normalized spacial score (nSPS) is 22.5. The quantitative estimate of drug-likeness (QED) is 0.871. The van der Waals surface area contributed by atoms with Crippen LogP contribution in [0.3, 0.4) is 0 Å². The van der Waals surface area contributed by atoms with Gasteiger partial charge in [0, 0.05) is 13.1 Å². The second-order valence-corrected chi connectivity index (χ2v) is 5.37. The Kier molecular flexibility index (Phi) is 4.42. The molecule has 110 valence electrons. The lowest BCUT2D eigenvalue weighted by Gasteiger charge is -2.27. The van der Waals surface area contributed by atoms with E-state index in [0.29, 0.717) is 18.5 Å². The molecule has 1 fully saturated rings. The Hall–Kier alpha value is -1.85. The molecular formula is C14H21N3O3. The number of aromatic nitrogens is 2. The van der Waals surface area contributed by atoms with Gasteiger partial charge in [-0.2, -0.15) is 5.10 Å². The van der Waals surface area contributed by atoms with Crippen LogP contribution >= 0.6 is 0 Å². The van der Waals surface area contributed by atoms with Gasteiger partial charge < -0.3 is 10.4 Å². The molecule has 1 aliphatic carbocycles. The summed E-state index contributed by atoms with van der Waals surface area (Å²) in [4.78, 5) is 23.2. The maximum Gasteiger partial charge on any atom is 0.306 e. The second-order valence-electron chi connectivity index (χ2n) is 5.37.